The van der Waals surface area contributed by atoms with Gasteiger partial charge in [0.2, 0.25) is 0 Å². The van der Waals surface area contributed by atoms with Gasteiger partial charge in [-0.1, -0.05) is 76.2 Å². The summed E-state index contributed by atoms with van der Waals surface area (Å²) in [7, 11) is 0. The predicted octanol–water partition coefficient (Wildman–Crippen LogP) is 7.43. The third-order valence-corrected chi connectivity index (χ3v) is 5.19. The zero-order valence-electron chi connectivity index (χ0n) is 21.6. The molecule has 0 amide bonds. The summed E-state index contributed by atoms with van der Waals surface area (Å²) in [5, 5.41) is 12.6. The van der Waals surface area contributed by atoms with Crippen molar-refractivity contribution in [2.24, 2.45) is 0 Å². The van der Waals surface area contributed by atoms with Crippen molar-refractivity contribution in [2.45, 2.75) is 34.6 Å². The van der Waals surface area contributed by atoms with E-state index in [0.717, 1.165) is 40.6 Å². The van der Waals surface area contributed by atoms with Crippen LogP contribution >= 0.6 is 0 Å². The first-order chi connectivity index (χ1) is 17.3. The predicted molar refractivity (Wildman–Crippen MR) is 150 cm³/mol. The van der Waals surface area contributed by atoms with Gasteiger partial charge in [-0.2, -0.15) is 0 Å². The lowest BCUT2D eigenvalue weighted by atomic mass is 10.0. The molecule has 0 bridgehead atoms. The molecule has 0 fully saturated rings. The molecule has 35 heavy (non-hydrogen) atoms. The summed E-state index contributed by atoms with van der Waals surface area (Å²) in [6, 6.07) is 28.8. The molecule has 3 aromatic carbocycles. The molecule has 0 saturated carbocycles. The highest BCUT2D eigenvalue weighted by atomic mass is 16.3. The molecule has 0 spiro atoms. The second-order valence-corrected chi connectivity index (χ2v) is 7.21. The van der Waals surface area contributed by atoms with E-state index in [0.29, 0.717) is 6.54 Å². The normalized spacial score (nSPS) is 9.77. The smallest absolute Gasteiger partial charge is 0.134 e. The van der Waals surface area contributed by atoms with Crippen LogP contribution in [0.25, 0.3) is 22.4 Å². The fourth-order valence-corrected chi connectivity index (χ4v) is 3.57. The van der Waals surface area contributed by atoms with Crippen LogP contribution in [0.5, 0.6) is 0 Å². The van der Waals surface area contributed by atoms with E-state index in [-0.39, 0.29) is 6.61 Å². The summed E-state index contributed by atoms with van der Waals surface area (Å²) < 4.78 is 0. The molecule has 5 heteroatoms. The fraction of sp³-hybridized carbons (Fsp3) is 0.267. The van der Waals surface area contributed by atoms with E-state index in [4.69, 9.17) is 0 Å². The van der Waals surface area contributed by atoms with Gasteiger partial charge in [-0.05, 0) is 48.4 Å². The van der Waals surface area contributed by atoms with Gasteiger partial charge in [0.25, 0.3) is 0 Å². The van der Waals surface area contributed by atoms with Gasteiger partial charge in [0.15, 0.2) is 0 Å². The molecule has 0 aliphatic rings. The minimum absolute atomic E-state index is 0.142. The third-order valence-electron chi connectivity index (χ3n) is 5.19. The van der Waals surface area contributed by atoms with Crippen molar-refractivity contribution >= 4 is 17.2 Å². The molecule has 0 radical (unpaired) electrons. The molecular weight excluding hydrogens is 432 g/mol. The Hall–Kier alpha value is -3.70. The standard InChI is InChI=1S/C26H26N4O.2C2H6/c1-2-30(15-16-31)24-13-11-23(12-14-24)29-26-18-25(27-19-28-26)22-10-6-9-21(17-22)20-7-4-3-5-8-20;2*1-2/h3-14,17-19,31H,2,15-16H2,1H3,(H,27,28,29);2*1-2H3. The molecule has 2 N–H and O–H groups in total. The molecule has 5 nitrogen and oxygen atoms in total. The van der Waals surface area contributed by atoms with Crippen LogP contribution < -0.4 is 10.2 Å². The van der Waals surface area contributed by atoms with Crippen molar-refractivity contribution in [3.63, 3.8) is 0 Å². The average Bonchev–Trinajstić information content (AvgIpc) is 2.95. The number of benzene rings is 3. The number of aliphatic hydroxyl groups excluding tert-OH is 1. The lowest BCUT2D eigenvalue weighted by molar-refractivity contribution is 0.302. The maximum absolute atomic E-state index is 9.21. The molecule has 1 heterocycles. The number of hydrogen-bond donors (Lipinski definition) is 2. The van der Waals surface area contributed by atoms with Gasteiger partial charge in [0.05, 0.1) is 12.3 Å². The third kappa shape index (κ3) is 7.94. The Kier molecular flexibility index (Phi) is 12.0. The van der Waals surface area contributed by atoms with Gasteiger partial charge in [0, 0.05) is 36.1 Å². The minimum Gasteiger partial charge on any atom is -0.395 e. The van der Waals surface area contributed by atoms with Crippen molar-refractivity contribution < 1.29 is 5.11 Å². The molecule has 4 rings (SSSR count). The van der Waals surface area contributed by atoms with Gasteiger partial charge in [-0.15, -0.1) is 0 Å². The first-order valence-corrected chi connectivity index (χ1v) is 12.5. The molecule has 0 aliphatic carbocycles. The summed E-state index contributed by atoms with van der Waals surface area (Å²) in [6.45, 7) is 11.7. The van der Waals surface area contributed by atoms with Crippen LogP contribution in [-0.2, 0) is 0 Å². The number of nitrogens with one attached hydrogen (secondary N) is 1. The molecule has 0 unspecified atom stereocenters. The first kappa shape index (κ1) is 27.5. The monoisotopic (exact) mass is 470 g/mol. The van der Waals surface area contributed by atoms with E-state index in [1.165, 1.54) is 5.56 Å². The van der Waals surface area contributed by atoms with Crippen LogP contribution in [-0.4, -0.2) is 34.8 Å². The Morgan fingerprint density at radius 3 is 2.06 bits per heavy atom. The highest BCUT2D eigenvalue weighted by molar-refractivity contribution is 5.73. The number of anilines is 3. The van der Waals surface area contributed by atoms with Crippen molar-refractivity contribution in [2.75, 3.05) is 29.9 Å². The fourth-order valence-electron chi connectivity index (χ4n) is 3.57. The summed E-state index contributed by atoms with van der Waals surface area (Å²) in [5.41, 5.74) is 6.29. The van der Waals surface area contributed by atoms with Crippen LogP contribution in [0.4, 0.5) is 17.2 Å². The minimum atomic E-state index is 0.142. The molecule has 0 saturated heterocycles. The van der Waals surface area contributed by atoms with Crippen LogP contribution in [0.1, 0.15) is 34.6 Å². The van der Waals surface area contributed by atoms with E-state index < -0.39 is 0 Å². The second-order valence-electron chi connectivity index (χ2n) is 7.21. The highest BCUT2D eigenvalue weighted by Crippen LogP contribution is 2.27. The highest BCUT2D eigenvalue weighted by Gasteiger charge is 2.06. The lowest BCUT2D eigenvalue weighted by Gasteiger charge is -2.22. The summed E-state index contributed by atoms with van der Waals surface area (Å²) in [5.74, 6) is 0.741. The van der Waals surface area contributed by atoms with Gasteiger partial charge in [0.1, 0.15) is 12.1 Å². The zero-order chi connectivity index (χ0) is 25.5. The van der Waals surface area contributed by atoms with Crippen LogP contribution in [0.3, 0.4) is 0 Å². The molecule has 184 valence electrons. The first-order valence-electron chi connectivity index (χ1n) is 12.5. The van der Waals surface area contributed by atoms with Crippen molar-refractivity contribution in [3.05, 3.63) is 91.3 Å². The number of likely N-dealkylation sites (N-methyl/N-ethyl adjacent to an activating group) is 1. The van der Waals surface area contributed by atoms with Gasteiger partial charge in [-0.25, -0.2) is 9.97 Å². The number of aliphatic hydroxyl groups is 1. The Balaban J connectivity index is 0.00000103. The number of hydrogen-bond acceptors (Lipinski definition) is 5. The van der Waals surface area contributed by atoms with E-state index in [9.17, 15) is 5.11 Å². The molecule has 0 aliphatic heterocycles. The Bertz CT molecular complexity index is 1110. The second kappa shape index (κ2) is 15.3. The van der Waals surface area contributed by atoms with Crippen LogP contribution in [0.2, 0.25) is 0 Å². The van der Waals surface area contributed by atoms with Crippen molar-refractivity contribution in [1.82, 2.24) is 9.97 Å². The van der Waals surface area contributed by atoms with Crippen LogP contribution in [0.15, 0.2) is 91.3 Å². The largest absolute Gasteiger partial charge is 0.395 e. The van der Waals surface area contributed by atoms with Crippen molar-refractivity contribution in [1.29, 1.82) is 0 Å². The van der Waals surface area contributed by atoms with Crippen molar-refractivity contribution in [3.8, 4) is 22.4 Å². The van der Waals surface area contributed by atoms with Gasteiger partial charge < -0.3 is 15.3 Å². The quantitative estimate of drug-likeness (QED) is 0.280. The zero-order valence-corrected chi connectivity index (χ0v) is 21.6. The summed E-state index contributed by atoms with van der Waals surface area (Å²) >= 11 is 0. The number of aromatic nitrogens is 2. The molecule has 0 atom stereocenters. The maximum atomic E-state index is 9.21. The SMILES string of the molecule is CC.CC.CCN(CCO)c1ccc(Nc2cc(-c3cccc(-c4ccccc4)c3)ncn2)cc1. The Morgan fingerprint density at radius 1 is 0.743 bits per heavy atom. The summed E-state index contributed by atoms with van der Waals surface area (Å²) in [4.78, 5) is 11.0. The van der Waals surface area contributed by atoms with E-state index in [1.54, 1.807) is 6.33 Å². The lowest BCUT2D eigenvalue weighted by Crippen LogP contribution is -2.25. The Labute approximate surface area is 210 Å². The van der Waals surface area contributed by atoms with Gasteiger partial charge in [-0.3, -0.25) is 0 Å². The number of nitrogens with zero attached hydrogens (tertiary/aromatic N) is 3. The van der Waals surface area contributed by atoms with E-state index in [2.05, 4.69) is 63.5 Å². The van der Waals surface area contributed by atoms with E-state index in [1.807, 2.05) is 76.2 Å². The van der Waals surface area contributed by atoms with E-state index >= 15 is 0 Å². The van der Waals surface area contributed by atoms with Gasteiger partial charge >= 0.3 is 0 Å². The summed E-state index contributed by atoms with van der Waals surface area (Å²) in [6.07, 6.45) is 1.58. The average molecular weight is 471 g/mol. The van der Waals surface area contributed by atoms with Crippen LogP contribution in [0, 0.1) is 0 Å². The molecule has 1 aromatic heterocycles. The Morgan fingerprint density at radius 2 is 1.40 bits per heavy atom. The number of rotatable bonds is 8. The topological polar surface area (TPSA) is 61.3 Å². The maximum Gasteiger partial charge on any atom is 0.134 e. The molecule has 4 aromatic rings. The molecular formula is C30H38N4O.